The fourth-order valence-corrected chi connectivity index (χ4v) is 1.90. The van der Waals surface area contributed by atoms with Gasteiger partial charge in [-0.05, 0) is 12.1 Å². The molecule has 1 aliphatic rings. The first-order valence-corrected chi connectivity index (χ1v) is 4.85. The highest BCUT2D eigenvalue weighted by atomic mass is 79.9. The molecule has 0 aromatic heterocycles. The van der Waals surface area contributed by atoms with Crippen molar-refractivity contribution in [3.8, 4) is 5.75 Å². The van der Waals surface area contributed by atoms with E-state index in [-0.39, 0.29) is 11.9 Å². The van der Waals surface area contributed by atoms with Crippen molar-refractivity contribution in [3.05, 3.63) is 28.0 Å². The van der Waals surface area contributed by atoms with Gasteiger partial charge in [-0.15, -0.1) is 0 Å². The molecule has 1 aromatic carbocycles. The van der Waals surface area contributed by atoms with Crippen molar-refractivity contribution >= 4 is 15.9 Å². The van der Waals surface area contributed by atoms with E-state index in [9.17, 15) is 4.39 Å². The summed E-state index contributed by atoms with van der Waals surface area (Å²) in [7, 11) is 0. The molecular weight excluding hydrogens is 237 g/mol. The number of halogens is 2. The zero-order valence-corrected chi connectivity index (χ0v) is 8.47. The first kappa shape index (κ1) is 8.97. The van der Waals surface area contributed by atoms with Crippen LogP contribution in [0.15, 0.2) is 16.6 Å². The van der Waals surface area contributed by atoms with Crippen LogP contribution < -0.4 is 10.5 Å². The fourth-order valence-electron chi connectivity index (χ4n) is 1.45. The lowest BCUT2D eigenvalue weighted by molar-refractivity contribution is 0.255. The lowest BCUT2D eigenvalue weighted by Crippen LogP contribution is -2.21. The van der Waals surface area contributed by atoms with Crippen molar-refractivity contribution < 1.29 is 9.13 Å². The molecule has 1 aliphatic heterocycles. The Labute approximate surface area is 84.0 Å². The molecule has 0 fully saturated rings. The van der Waals surface area contributed by atoms with Gasteiger partial charge in [0.1, 0.15) is 0 Å². The Kier molecular flexibility index (Phi) is 2.26. The number of hydrogen-bond acceptors (Lipinski definition) is 2. The summed E-state index contributed by atoms with van der Waals surface area (Å²) >= 11 is 3.22. The molecule has 0 radical (unpaired) electrons. The van der Waals surface area contributed by atoms with Gasteiger partial charge in [0, 0.05) is 22.5 Å². The van der Waals surface area contributed by atoms with Crippen molar-refractivity contribution in [1.29, 1.82) is 0 Å². The first-order valence-electron chi connectivity index (χ1n) is 4.06. The van der Waals surface area contributed by atoms with Crippen molar-refractivity contribution in [2.24, 2.45) is 5.73 Å². The van der Waals surface area contributed by atoms with Gasteiger partial charge in [0.2, 0.25) is 0 Å². The molecule has 0 unspecified atom stereocenters. The van der Waals surface area contributed by atoms with Crippen molar-refractivity contribution in [2.75, 3.05) is 6.61 Å². The number of fused-ring (bicyclic) bond motifs is 1. The molecule has 1 atom stereocenters. The van der Waals surface area contributed by atoms with Crippen LogP contribution in [-0.2, 0) is 0 Å². The van der Waals surface area contributed by atoms with Crippen LogP contribution in [0.5, 0.6) is 5.75 Å². The number of hydrogen-bond donors (Lipinski definition) is 1. The largest absolute Gasteiger partial charge is 0.490 e. The minimum atomic E-state index is -0.348. The summed E-state index contributed by atoms with van der Waals surface area (Å²) < 4.78 is 19.2. The topological polar surface area (TPSA) is 35.2 Å². The minimum absolute atomic E-state index is 0.115. The Morgan fingerprint density at radius 1 is 1.54 bits per heavy atom. The highest BCUT2D eigenvalue weighted by Crippen LogP contribution is 2.35. The molecular formula is C9H9BrFNO. The third-order valence-corrected chi connectivity index (χ3v) is 2.57. The van der Waals surface area contributed by atoms with E-state index in [1.54, 1.807) is 0 Å². The second-order valence-electron chi connectivity index (χ2n) is 3.05. The smallest absolute Gasteiger partial charge is 0.166 e. The van der Waals surface area contributed by atoms with Crippen LogP contribution in [0.4, 0.5) is 4.39 Å². The summed E-state index contributed by atoms with van der Waals surface area (Å²) in [6.45, 7) is 0.493. The standard InChI is InChI=1S/C9H9BrFNO/c10-5-3-6-8(12)1-2-13-9(6)7(11)4-5/h3-4,8H,1-2,12H2/t8-/m1/s1. The molecule has 0 saturated heterocycles. The molecule has 70 valence electrons. The molecule has 13 heavy (non-hydrogen) atoms. The van der Waals surface area contributed by atoms with E-state index in [0.29, 0.717) is 16.8 Å². The molecule has 0 aliphatic carbocycles. The summed E-state index contributed by atoms with van der Waals surface area (Å²) in [4.78, 5) is 0. The maximum atomic E-state index is 13.3. The normalized spacial score (nSPS) is 20.7. The van der Waals surface area contributed by atoms with Gasteiger partial charge in [-0.25, -0.2) is 4.39 Å². The number of rotatable bonds is 0. The summed E-state index contributed by atoms with van der Waals surface area (Å²) in [5, 5.41) is 0. The van der Waals surface area contributed by atoms with Gasteiger partial charge in [0.25, 0.3) is 0 Å². The average molecular weight is 246 g/mol. The van der Waals surface area contributed by atoms with E-state index < -0.39 is 0 Å². The van der Waals surface area contributed by atoms with Crippen LogP contribution >= 0.6 is 15.9 Å². The van der Waals surface area contributed by atoms with Crippen LogP contribution in [-0.4, -0.2) is 6.61 Å². The summed E-state index contributed by atoms with van der Waals surface area (Å²) in [6.07, 6.45) is 0.739. The predicted octanol–water partition coefficient (Wildman–Crippen LogP) is 2.37. The molecule has 0 saturated carbocycles. The van der Waals surface area contributed by atoms with E-state index in [0.717, 1.165) is 12.0 Å². The Bertz CT molecular complexity index is 343. The van der Waals surface area contributed by atoms with E-state index in [4.69, 9.17) is 10.5 Å². The number of ether oxygens (including phenoxy) is 1. The monoisotopic (exact) mass is 245 g/mol. The van der Waals surface area contributed by atoms with Gasteiger partial charge in [-0.3, -0.25) is 0 Å². The van der Waals surface area contributed by atoms with Crippen LogP contribution in [0.25, 0.3) is 0 Å². The van der Waals surface area contributed by atoms with E-state index in [2.05, 4.69) is 15.9 Å². The van der Waals surface area contributed by atoms with Crippen molar-refractivity contribution in [1.82, 2.24) is 0 Å². The lowest BCUT2D eigenvalue weighted by atomic mass is 10.0. The van der Waals surface area contributed by atoms with Crippen LogP contribution in [0, 0.1) is 5.82 Å². The van der Waals surface area contributed by atoms with Crippen LogP contribution in [0.3, 0.4) is 0 Å². The van der Waals surface area contributed by atoms with Gasteiger partial charge < -0.3 is 10.5 Å². The zero-order valence-electron chi connectivity index (χ0n) is 6.89. The summed E-state index contributed by atoms with van der Waals surface area (Å²) in [6, 6.07) is 3.08. The van der Waals surface area contributed by atoms with E-state index in [1.165, 1.54) is 6.07 Å². The van der Waals surface area contributed by atoms with Crippen LogP contribution in [0.2, 0.25) is 0 Å². The third-order valence-electron chi connectivity index (χ3n) is 2.11. The molecule has 0 spiro atoms. The highest BCUT2D eigenvalue weighted by molar-refractivity contribution is 9.10. The Balaban J connectivity index is 2.56. The van der Waals surface area contributed by atoms with Gasteiger partial charge in [0.15, 0.2) is 11.6 Å². The van der Waals surface area contributed by atoms with Gasteiger partial charge in [-0.2, -0.15) is 0 Å². The van der Waals surface area contributed by atoms with Crippen LogP contribution in [0.1, 0.15) is 18.0 Å². The first-order chi connectivity index (χ1) is 6.18. The van der Waals surface area contributed by atoms with E-state index in [1.807, 2.05) is 6.07 Å². The Hall–Kier alpha value is -0.610. The maximum Gasteiger partial charge on any atom is 0.166 e. The molecule has 2 rings (SSSR count). The Morgan fingerprint density at radius 3 is 3.08 bits per heavy atom. The summed E-state index contributed by atoms with van der Waals surface area (Å²) in [5.74, 6) is -0.0403. The molecule has 0 bridgehead atoms. The summed E-state index contributed by atoms with van der Waals surface area (Å²) in [5.41, 5.74) is 6.56. The van der Waals surface area contributed by atoms with Crippen molar-refractivity contribution in [3.63, 3.8) is 0 Å². The SMILES string of the molecule is N[C@@H]1CCOc2c(F)cc(Br)cc21. The van der Waals surface area contributed by atoms with E-state index >= 15 is 0 Å². The minimum Gasteiger partial charge on any atom is -0.490 e. The van der Waals surface area contributed by atoms with Gasteiger partial charge in [-0.1, -0.05) is 15.9 Å². The molecule has 4 heteroatoms. The molecule has 0 amide bonds. The second kappa shape index (κ2) is 3.27. The highest BCUT2D eigenvalue weighted by Gasteiger charge is 2.21. The quantitative estimate of drug-likeness (QED) is 0.762. The van der Waals surface area contributed by atoms with Crippen molar-refractivity contribution in [2.45, 2.75) is 12.5 Å². The maximum absolute atomic E-state index is 13.3. The molecule has 1 heterocycles. The molecule has 2 N–H and O–H groups in total. The van der Waals surface area contributed by atoms with Gasteiger partial charge >= 0.3 is 0 Å². The third kappa shape index (κ3) is 1.56. The lowest BCUT2D eigenvalue weighted by Gasteiger charge is -2.23. The molecule has 1 aromatic rings. The second-order valence-corrected chi connectivity index (χ2v) is 3.97. The average Bonchev–Trinajstić information content (AvgIpc) is 2.07. The zero-order chi connectivity index (χ0) is 9.42. The predicted molar refractivity (Wildman–Crippen MR) is 51.1 cm³/mol. The number of nitrogens with two attached hydrogens (primary N) is 1. The Morgan fingerprint density at radius 2 is 2.31 bits per heavy atom. The fraction of sp³-hybridized carbons (Fsp3) is 0.333. The molecule has 2 nitrogen and oxygen atoms in total. The van der Waals surface area contributed by atoms with Gasteiger partial charge in [0.05, 0.1) is 6.61 Å². The number of benzene rings is 1.